The molecular weight excluding hydrogens is 377 g/mol. The fraction of sp³-hybridized carbons (Fsp3) is 0.389. The Balaban J connectivity index is 1.54. The van der Waals surface area contributed by atoms with E-state index in [0.29, 0.717) is 40.6 Å². The number of nitrogens with zero attached hydrogens (tertiary/aromatic N) is 3. The molecule has 1 amide bonds. The van der Waals surface area contributed by atoms with Gasteiger partial charge in [0.1, 0.15) is 17.7 Å². The molecule has 3 rings (SSSR count). The number of amides is 1. The van der Waals surface area contributed by atoms with Crippen LogP contribution in [-0.2, 0) is 4.79 Å². The molecule has 8 heteroatoms. The Bertz CT molecular complexity index is 788. The molecule has 1 aromatic heterocycles. The van der Waals surface area contributed by atoms with Gasteiger partial charge in [0, 0.05) is 23.8 Å². The second kappa shape index (κ2) is 8.56. The number of likely N-dealkylation sites (tertiary alicyclic amines) is 1. The van der Waals surface area contributed by atoms with Gasteiger partial charge in [-0.1, -0.05) is 23.2 Å². The Hall–Kier alpha value is -2.05. The first kappa shape index (κ1) is 18.7. The number of aromatic nitrogens is 2. The number of hydrogen-bond donors (Lipinski definition) is 0. The topological polar surface area (TPSA) is 64.5 Å². The number of halogens is 2. The van der Waals surface area contributed by atoms with Crippen molar-refractivity contribution in [2.75, 3.05) is 19.7 Å². The Morgan fingerprint density at radius 3 is 2.96 bits per heavy atom. The fourth-order valence-electron chi connectivity index (χ4n) is 2.75. The zero-order valence-electron chi connectivity index (χ0n) is 14.3. The van der Waals surface area contributed by atoms with Gasteiger partial charge in [-0.2, -0.15) is 4.98 Å². The van der Waals surface area contributed by atoms with Gasteiger partial charge in [0.05, 0.1) is 11.6 Å². The summed E-state index contributed by atoms with van der Waals surface area (Å²) in [7, 11) is 0. The van der Waals surface area contributed by atoms with Crippen LogP contribution < -0.4 is 9.47 Å². The van der Waals surface area contributed by atoms with Gasteiger partial charge in [-0.15, -0.1) is 0 Å². The number of aryl methyl sites for hydroxylation is 1. The monoisotopic (exact) mass is 395 g/mol. The number of carbonyl (C=O) groups excluding carboxylic acids is 1. The van der Waals surface area contributed by atoms with E-state index in [2.05, 4.69) is 9.97 Å². The predicted octanol–water partition coefficient (Wildman–Crippen LogP) is 3.54. The maximum Gasteiger partial charge on any atom is 0.260 e. The first-order valence-electron chi connectivity index (χ1n) is 8.33. The van der Waals surface area contributed by atoms with Gasteiger partial charge >= 0.3 is 0 Å². The molecule has 0 N–H and O–H groups in total. The van der Waals surface area contributed by atoms with Crippen LogP contribution in [-0.4, -0.2) is 46.6 Å². The predicted molar refractivity (Wildman–Crippen MR) is 99.0 cm³/mol. The zero-order chi connectivity index (χ0) is 18.5. The molecule has 2 aromatic rings. The van der Waals surface area contributed by atoms with Gasteiger partial charge in [-0.3, -0.25) is 4.79 Å². The maximum absolute atomic E-state index is 12.5. The number of ether oxygens (including phenoxy) is 2. The number of piperidine rings is 1. The molecule has 1 aliphatic heterocycles. The molecule has 2 heterocycles. The van der Waals surface area contributed by atoms with Crippen LogP contribution in [0.15, 0.2) is 30.5 Å². The highest BCUT2D eigenvalue weighted by molar-refractivity contribution is 6.35. The average molecular weight is 396 g/mol. The summed E-state index contributed by atoms with van der Waals surface area (Å²) >= 11 is 11.9. The van der Waals surface area contributed by atoms with Crippen LogP contribution in [0, 0.1) is 6.92 Å². The van der Waals surface area contributed by atoms with Crippen LogP contribution in [0.1, 0.15) is 18.7 Å². The van der Waals surface area contributed by atoms with Crippen LogP contribution in [0.4, 0.5) is 0 Å². The lowest BCUT2D eigenvalue weighted by Crippen LogP contribution is -2.46. The molecule has 1 unspecified atom stereocenters. The van der Waals surface area contributed by atoms with Crippen LogP contribution in [0.25, 0.3) is 0 Å². The molecule has 1 atom stereocenters. The Kier molecular flexibility index (Phi) is 6.16. The molecule has 1 aromatic carbocycles. The lowest BCUT2D eigenvalue weighted by Gasteiger charge is -2.32. The third kappa shape index (κ3) is 4.99. The minimum Gasteiger partial charge on any atom is -0.482 e. The Morgan fingerprint density at radius 2 is 2.19 bits per heavy atom. The van der Waals surface area contributed by atoms with Gasteiger partial charge in [0.2, 0.25) is 5.88 Å². The third-order valence-electron chi connectivity index (χ3n) is 4.01. The van der Waals surface area contributed by atoms with E-state index in [1.165, 1.54) is 0 Å². The lowest BCUT2D eigenvalue weighted by molar-refractivity contribution is -0.136. The van der Waals surface area contributed by atoms with Crippen LogP contribution in [0.5, 0.6) is 11.6 Å². The molecule has 1 fully saturated rings. The average Bonchev–Trinajstić information content (AvgIpc) is 2.61. The maximum atomic E-state index is 12.5. The van der Waals surface area contributed by atoms with Gasteiger partial charge in [0.15, 0.2) is 6.61 Å². The zero-order valence-corrected chi connectivity index (χ0v) is 15.8. The Labute approximate surface area is 162 Å². The first-order valence-corrected chi connectivity index (χ1v) is 9.09. The quantitative estimate of drug-likeness (QED) is 0.774. The number of carbonyl (C=O) groups is 1. The van der Waals surface area contributed by atoms with Crippen molar-refractivity contribution in [1.82, 2.24) is 14.9 Å². The van der Waals surface area contributed by atoms with Gasteiger partial charge in [-0.25, -0.2) is 4.98 Å². The summed E-state index contributed by atoms with van der Waals surface area (Å²) in [5.74, 6) is 1.51. The van der Waals surface area contributed by atoms with Crippen molar-refractivity contribution < 1.29 is 14.3 Å². The van der Waals surface area contributed by atoms with Crippen molar-refractivity contribution in [3.05, 3.63) is 46.3 Å². The molecule has 0 bridgehead atoms. The number of hydrogen-bond acceptors (Lipinski definition) is 5. The summed E-state index contributed by atoms with van der Waals surface area (Å²) in [5.41, 5.74) is 0. The molecule has 26 heavy (non-hydrogen) atoms. The molecule has 1 saturated heterocycles. The van der Waals surface area contributed by atoms with Crippen molar-refractivity contribution in [2.24, 2.45) is 0 Å². The highest BCUT2D eigenvalue weighted by Crippen LogP contribution is 2.27. The highest BCUT2D eigenvalue weighted by Gasteiger charge is 2.25. The molecule has 0 radical (unpaired) electrons. The van der Waals surface area contributed by atoms with Crippen molar-refractivity contribution in [3.8, 4) is 11.6 Å². The molecule has 138 valence electrons. The molecule has 6 nitrogen and oxygen atoms in total. The van der Waals surface area contributed by atoms with Gasteiger partial charge < -0.3 is 14.4 Å². The van der Waals surface area contributed by atoms with Crippen LogP contribution in [0.3, 0.4) is 0 Å². The summed E-state index contributed by atoms with van der Waals surface area (Å²) in [4.78, 5) is 22.5. The highest BCUT2D eigenvalue weighted by atomic mass is 35.5. The van der Waals surface area contributed by atoms with E-state index in [-0.39, 0.29) is 18.6 Å². The number of benzene rings is 1. The molecule has 0 spiro atoms. The first-order chi connectivity index (χ1) is 12.5. The van der Waals surface area contributed by atoms with Crippen molar-refractivity contribution in [2.45, 2.75) is 25.9 Å². The smallest absolute Gasteiger partial charge is 0.260 e. The van der Waals surface area contributed by atoms with E-state index in [4.69, 9.17) is 32.7 Å². The van der Waals surface area contributed by atoms with E-state index in [1.54, 1.807) is 35.4 Å². The lowest BCUT2D eigenvalue weighted by atomic mass is 10.1. The molecule has 0 aliphatic carbocycles. The largest absolute Gasteiger partial charge is 0.482 e. The Morgan fingerprint density at radius 1 is 1.35 bits per heavy atom. The van der Waals surface area contributed by atoms with Crippen molar-refractivity contribution >= 4 is 29.1 Å². The van der Waals surface area contributed by atoms with Gasteiger partial charge in [0.25, 0.3) is 5.91 Å². The molecule has 1 aliphatic rings. The van der Waals surface area contributed by atoms with E-state index in [0.717, 1.165) is 12.8 Å². The van der Waals surface area contributed by atoms with E-state index >= 15 is 0 Å². The summed E-state index contributed by atoms with van der Waals surface area (Å²) in [6.45, 7) is 2.91. The SMILES string of the molecule is Cc1nccc(OC2CCCN(C(=O)COc3ccc(Cl)cc3Cl)C2)n1. The fourth-order valence-corrected chi connectivity index (χ4v) is 3.22. The second-order valence-electron chi connectivity index (χ2n) is 6.03. The van der Waals surface area contributed by atoms with Gasteiger partial charge in [-0.05, 0) is 38.0 Å². The minimum absolute atomic E-state index is 0.0827. The second-order valence-corrected chi connectivity index (χ2v) is 6.87. The minimum atomic E-state index is -0.108. The van der Waals surface area contributed by atoms with E-state index in [1.807, 2.05) is 6.92 Å². The standard InChI is InChI=1S/C18H19Cl2N3O3/c1-12-21-7-6-17(22-12)26-14-3-2-8-23(10-14)18(24)11-25-16-5-4-13(19)9-15(16)20/h4-7,9,14H,2-3,8,10-11H2,1H3. The number of rotatable bonds is 5. The van der Waals surface area contributed by atoms with E-state index in [9.17, 15) is 4.79 Å². The summed E-state index contributed by atoms with van der Waals surface area (Å²) in [6, 6.07) is 6.62. The summed E-state index contributed by atoms with van der Waals surface area (Å²) in [5, 5.41) is 0.897. The molecule has 0 saturated carbocycles. The van der Waals surface area contributed by atoms with E-state index < -0.39 is 0 Å². The molecular formula is C18H19Cl2N3O3. The normalized spacial score (nSPS) is 17.0. The van der Waals surface area contributed by atoms with Crippen LogP contribution >= 0.6 is 23.2 Å². The van der Waals surface area contributed by atoms with Crippen LogP contribution in [0.2, 0.25) is 10.0 Å². The van der Waals surface area contributed by atoms with Crippen molar-refractivity contribution in [3.63, 3.8) is 0 Å². The third-order valence-corrected chi connectivity index (χ3v) is 4.54. The van der Waals surface area contributed by atoms with Crippen molar-refractivity contribution in [1.29, 1.82) is 0 Å². The summed E-state index contributed by atoms with van der Waals surface area (Å²) in [6.07, 6.45) is 3.30. The summed E-state index contributed by atoms with van der Waals surface area (Å²) < 4.78 is 11.4.